The fourth-order valence-electron chi connectivity index (χ4n) is 3.52. The summed E-state index contributed by atoms with van der Waals surface area (Å²) < 4.78 is 0. The van der Waals surface area contributed by atoms with Crippen LogP contribution in [0.25, 0.3) is 10.9 Å². The minimum Gasteiger partial charge on any atom is -0.386 e. The molecule has 1 aromatic carbocycles. The molecule has 2 heterocycles. The second-order valence-electron chi connectivity index (χ2n) is 7.03. The predicted octanol–water partition coefficient (Wildman–Crippen LogP) is 3.28. The SMILES string of the molecule is C=C(NCc1[nH]c2ccc(C)cc2c1C)NC1CCCN(C(=C)N)C1.[CH3-].[Nb]. The van der Waals surface area contributed by atoms with Gasteiger partial charge >= 0.3 is 0 Å². The Hall–Kier alpha value is -1.82. The molecular formula is C21H32N5Nb-. The Balaban J connectivity index is 0.00000182. The molecule has 5 nitrogen and oxygen atoms in total. The van der Waals surface area contributed by atoms with E-state index in [1.165, 1.54) is 27.7 Å². The molecule has 0 aliphatic carbocycles. The van der Waals surface area contributed by atoms with Crippen LogP contribution in [0.2, 0.25) is 0 Å². The summed E-state index contributed by atoms with van der Waals surface area (Å²) in [5, 5.41) is 8.17. The molecule has 0 bridgehead atoms. The number of hydrogen-bond acceptors (Lipinski definition) is 4. The second-order valence-corrected chi connectivity index (χ2v) is 7.03. The van der Waals surface area contributed by atoms with Gasteiger partial charge in [-0.3, -0.25) is 0 Å². The van der Waals surface area contributed by atoms with Gasteiger partial charge in [0.25, 0.3) is 0 Å². The minimum atomic E-state index is 0. The summed E-state index contributed by atoms with van der Waals surface area (Å²) in [5.74, 6) is 1.50. The zero-order valence-electron chi connectivity index (χ0n) is 16.7. The van der Waals surface area contributed by atoms with E-state index in [1.54, 1.807) is 0 Å². The number of nitrogens with two attached hydrogens (primary N) is 1. The molecule has 5 N–H and O–H groups in total. The van der Waals surface area contributed by atoms with Gasteiger partial charge in [0, 0.05) is 58.1 Å². The van der Waals surface area contributed by atoms with Crippen LogP contribution >= 0.6 is 0 Å². The Morgan fingerprint density at radius 3 is 2.78 bits per heavy atom. The number of benzene rings is 1. The average Bonchev–Trinajstić information content (AvgIpc) is 2.89. The summed E-state index contributed by atoms with van der Waals surface area (Å²) in [6.45, 7) is 14.8. The van der Waals surface area contributed by atoms with Crippen molar-refractivity contribution in [1.29, 1.82) is 0 Å². The topological polar surface area (TPSA) is 69.1 Å². The molecule has 1 saturated heterocycles. The van der Waals surface area contributed by atoms with E-state index in [0.29, 0.717) is 11.9 Å². The number of H-pyrrole nitrogens is 1. The number of nitrogens with one attached hydrogen (secondary N) is 3. The van der Waals surface area contributed by atoms with E-state index in [4.69, 9.17) is 5.73 Å². The number of rotatable bonds is 6. The molecule has 0 spiro atoms. The zero-order chi connectivity index (χ0) is 18.0. The maximum Gasteiger partial charge on any atom is 0.0918 e. The van der Waals surface area contributed by atoms with Crippen LogP contribution in [0.4, 0.5) is 0 Å². The van der Waals surface area contributed by atoms with E-state index in [2.05, 4.69) is 65.7 Å². The van der Waals surface area contributed by atoms with Crippen molar-refractivity contribution in [2.75, 3.05) is 13.1 Å². The summed E-state index contributed by atoms with van der Waals surface area (Å²) in [6, 6.07) is 6.86. The van der Waals surface area contributed by atoms with E-state index in [-0.39, 0.29) is 29.8 Å². The molecule has 1 aromatic heterocycles. The molecule has 1 aliphatic rings. The first-order valence-electron chi connectivity index (χ1n) is 8.90. The van der Waals surface area contributed by atoms with Gasteiger partial charge in [-0.2, -0.15) is 0 Å². The van der Waals surface area contributed by atoms with Crippen LogP contribution in [0.3, 0.4) is 0 Å². The number of likely N-dealkylation sites (tertiary alicyclic amines) is 1. The Kier molecular flexibility index (Phi) is 8.54. The Labute approximate surface area is 179 Å². The van der Waals surface area contributed by atoms with Crippen molar-refractivity contribution in [3.63, 3.8) is 0 Å². The van der Waals surface area contributed by atoms with Gasteiger partial charge in [0.2, 0.25) is 0 Å². The van der Waals surface area contributed by atoms with Gasteiger partial charge < -0.3 is 33.7 Å². The third-order valence-corrected chi connectivity index (χ3v) is 5.00. The van der Waals surface area contributed by atoms with Gasteiger partial charge in [0.05, 0.1) is 18.2 Å². The summed E-state index contributed by atoms with van der Waals surface area (Å²) >= 11 is 0. The quantitative estimate of drug-likeness (QED) is 0.405. The summed E-state index contributed by atoms with van der Waals surface area (Å²) in [5.41, 5.74) is 10.8. The normalized spacial score (nSPS) is 16.2. The molecule has 27 heavy (non-hydrogen) atoms. The van der Waals surface area contributed by atoms with Crippen molar-refractivity contribution < 1.29 is 22.4 Å². The van der Waals surface area contributed by atoms with Crippen LogP contribution in [0.15, 0.2) is 43.0 Å². The van der Waals surface area contributed by atoms with Gasteiger partial charge in [0.15, 0.2) is 0 Å². The molecule has 1 radical (unpaired) electrons. The number of hydrogen-bond donors (Lipinski definition) is 4. The summed E-state index contributed by atoms with van der Waals surface area (Å²) in [6.07, 6.45) is 2.23. The molecular weight excluding hydrogens is 415 g/mol. The van der Waals surface area contributed by atoms with Crippen LogP contribution in [-0.4, -0.2) is 29.0 Å². The Morgan fingerprint density at radius 1 is 1.33 bits per heavy atom. The van der Waals surface area contributed by atoms with Gasteiger partial charge in [-0.1, -0.05) is 24.8 Å². The molecule has 2 aromatic rings. The minimum absolute atomic E-state index is 0. The van der Waals surface area contributed by atoms with Crippen LogP contribution < -0.4 is 16.4 Å². The maximum atomic E-state index is 5.82. The Morgan fingerprint density at radius 2 is 2.07 bits per heavy atom. The van der Waals surface area contributed by atoms with Crippen molar-refractivity contribution in [3.8, 4) is 0 Å². The van der Waals surface area contributed by atoms with E-state index in [0.717, 1.165) is 38.3 Å². The first-order valence-corrected chi connectivity index (χ1v) is 8.90. The monoisotopic (exact) mass is 447 g/mol. The molecule has 1 unspecified atom stereocenters. The average molecular weight is 447 g/mol. The van der Waals surface area contributed by atoms with Crippen molar-refractivity contribution >= 4 is 10.9 Å². The van der Waals surface area contributed by atoms with E-state index < -0.39 is 0 Å². The molecule has 0 amide bonds. The fourth-order valence-corrected chi connectivity index (χ4v) is 3.52. The number of aromatic amines is 1. The van der Waals surface area contributed by atoms with Crippen LogP contribution in [0.5, 0.6) is 0 Å². The zero-order valence-corrected chi connectivity index (χ0v) is 18.9. The Bertz CT molecular complexity index is 795. The molecule has 147 valence electrons. The largest absolute Gasteiger partial charge is 0.386 e. The van der Waals surface area contributed by atoms with Gasteiger partial charge in [-0.25, -0.2) is 0 Å². The first kappa shape index (κ1) is 23.2. The standard InChI is InChI=1S/C20H29N5.CH3.Nb/c1-13-7-8-19-18(10-13)14(2)20(24-19)11-22-16(4)23-17-6-5-9-25(12-17)15(3)21;;/h7-8,10,17,22-24H,3-6,9,11-12,21H2,1-2H3;1H3;/q;-1;. The van der Waals surface area contributed by atoms with Gasteiger partial charge in [-0.05, 0) is 44.4 Å². The third kappa shape index (κ3) is 5.58. The fraction of sp³-hybridized carbons (Fsp3) is 0.381. The van der Waals surface area contributed by atoms with Crippen LogP contribution in [0.1, 0.15) is 29.7 Å². The van der Waals surface area contributed by atoms with E-state index in [9.17, 15) is 0 Å². The van der Waals surface area contributed by atoms with E-state index in [1.807, 2.05) is 0 Å². The van der Waals surface area contributed by atoms with Crippen LogP contribution in [-0.2, 0) is 28.9 Å². The summed E-state index contributed by atoms with van der Waals surface area (Å²) in [4.78, 5) is 5.63. The van der Waals surface area contributed by atoms with Gasteiger partial charge in [-0.15, -0.1) is 0 Å². The number of aryl methyl sites for hydroxylation is 2. The number of nitrogens with zero attached hydrogens (tertiary/aromatic N) is 1. The number of fused-ring (bicyclic) bond motifs is 1. The first-order chi connectivity index (χ1) is 11.9. The third-order valence-electron chi connectivity index (χ3n) is 5.00. The van der Waals surface area contributed by atoms with Crippen molar-refractivity contribution in [3.05, 3.63) is 67.2 Å². The molecule has 1 aliphatic heterocycles. The van der Waals surface area contributed by atoms with Crippen molar-refractivity contribution in [2.24, 2.45) is 5.73 Å². The molecule has 6 heteroatoms. The molecule has 1 atom stereocenters. The van der Waals surface area contributed by atoms with Crippen molar-refractivity contribution in [2.45, 2.75) is 39.3 Å². The molecule has 3 rings (SSSR count). The van der Waals surface area contributed by atoms with Gasteiger partial charge in [0.1, 0.15) is 0 Å². The van der Waals surface area contributed by atoms with Crippen molar-refractivity contribution in [1.82, 2.24) is 20.5 Å². The molecule has 1 fully saturated rings. The second kappa shape index (κ2) is 9.93. The number of aromatic nitrogens is 1. The van der Waals surface area contributed by atoms with Crippen LogP contribution in [0, 0.1) is 21.3 Å². The number of piperidine rings is 1. The molecule has 0 saturated carbocycles. The van der Waals surface area contributed by atoms with E-state index >= 15 is 0 Å². The predicted molar refractivity (Wildman–Crippen MR) is 111 cm³/mol. The maximum absolute atomic E-state index is 5.82. The smallest absolute Gasteiger partial charge is 0.0918 e. The summed E-state index contributed by atoms with van der Waals surface area (Å²) in [7, 11) is 0.